The quantitative estimate of drug-likeness (QED) is 0.788. The molecule has 1 unspecified atom stereocenters. The smallest absolute Gasteiger partial charge is 0.221 e. The fourth-order valence-corrected chi connectivity index (χ4v) is 3.40. The zero-order chi connectivity index (χ0) is 15.9. The van der Waals surface area contributed by atoms with Gasteiger partial charge in [-0.05, 0) is 43.1 Å². The number of benzene rings is 1. The first-order valence-corrected chi connectivity index (χ1v) is 8.92. The van der Waals surface area contributed by atoms with Gasteiger partial charge in [-0.3, -0.25) is 9.69 Å². The van der Waals surface area contributed by atoms with Crippen molar-refractivity contribution in [2.75, 3.05) is 19.6 Å². The second-order valence-corrected chi connectivity index (χ2v) is 6.99. The third-order valence-electron chi connectivity index (χ3n) is 4.04. The van der Waals surface area contributed by atoms with Crippen molar-refractivity contribution < 1.29 is 4.79 Å². The molecule has 1 heterocycles. The van der Waals surface area contributed by atoms with Crippen LogP contribution in [0.2, 0.25) is 5.02 Å². The van der Waals surface area contributed by atoms with Crippen LogP contribution in [0.4, 0.5) is 0 Å². The molecule has 1 aliphatic rings. The Labute approximate surface area is 145 Å². The molecule has 1 aliphatic heterocycles. The van der Waals surface area contributed by atoms with Gasteiger partial charge in [-0.2, -0.15) is 0 Å². The summed E-state index contributed by atoms with van der Waals surface area (Å²) >= 11 is 9.69. The maximum absolute atomic E-state index is 11.6. The number of carbonyl (C=O) groups excluding carboxylic acids is 1. The van der Waals surface area contributed by atoms with Crippen molar-refractivity contribution in [3.8, 4) is 0 Å². The Morgan fingerprint density at radius 1 is 1.45 bits per heavy atom. The van der Waals surface area contributed by atoms with Gasteiger partial charge in [0.2, 0.25) is 5.91 Å². The molecule has 1 saturated heterocycles. The number of nitrogens with two attached hydrogens (primary N) is 1. The van der Waals surface area contributed by atoms with Crippen LogP contribution in [0.5, 0.6) is 0 Å². The summed E-state index contributed by atoms with van der Waals surface area (Å²) in [5, 5.41) is 3.75. The minimum atomic E-state index is 0.0389. The van der Waals surface area contributed by atoms with E-state index in [1.54, 1.807) is 0 Å². The number of hydrogen-bond acceptors (Lipinski definition) is 3. The summed E-state index contributed by atoms with van der Waals surface area (Å²) in [5.41, 5.74) is 6.60. The normalized spacial score (nSPS) is 19.1. The maximum Gasteiger partial charge on any atom is 0.221 e. The van der Waals surface area contributed by atoms with E-state index in [2.05, 4.69) is 26.1 Å². The Morgan fingerprint density at radius 2 is 2.27 bits per heavy atom. The molecule has 22 heavy (non-hydrogen) atoms. The van der Waals surface area contributed by atoms with Gasteiger partial charge in [0.25, 0.3) is 0 Å². The van der Waals surface area contributed by atoms with Crippen molar-refractivity contribution in [1.29, 1.82) is 0 Å². The molecule has 4 nitrogen and oxygen atoms in total. The summed E-state index contributed by atoms with van der Waals surface area (Å²) in [6.45, 7) is 2.99. The topological polar surface area (TPSA) is 58.4 Å². The number of nitrogens with one attached hydrogen (secondary N) is 1. The summed E-state index contributed by atoms with van der Waals surface area (Å²) < 4.78 is 1.08. The van der Waals surface area contributed by atoms with Gasteiger partial charge in [-0.1, -0.05) is 34.0 Å². The number of amides is 1. The summed E-state index contributed by atoms with van der Waals surface area (Å²) in [6.07, 6.45) is 3.92. The van der Waals surface area contributed by atoms with Gasteiger partial charge < -0.3 is 11.1 Å². The molecular weight excluding hydrogens is 366 g/mol. The molecule has 1 aromatic carbocycles. The molecule has 1 fully saturated rings. The molecule has 0 saturated carbocycles. The van der Waals surface area contributed by atoms with Gasteiger partial charge in [0, 0.05) is 41.6 Å². The molecule has 122 valence electrons. The van der Waals surface area contributed by atoms with Crippen LogP contribution in [-0.2, 0) is 11.3 Å². The molecule has 2 rings (SSSR count). The van der Waals surface area contributed by atoms with E-state index in [1.807, 2.05) is 18.2 Å². The van der Waals surface area contributed by atoms with Gasteiger partial charge in [-0.15, -0.1) is 0 Å². The van der Waals surface area contributed by atoms with Gasteiger partial charge in [0.1, 0.15) is 0 Å². The molecule has 1 atom stereocenters. The van der Waals surface area contributed by atoms with Crippen molar-refractivity contribution in [3.05, 3.63) is 33.3 Å². The SMILES string of the molecule is NCCC(=O)NCC1CCCCN1Cc1cc(Cl)ccc1Br. The Hall–Kier alpha value is -0.620. The zero-order valence-electron chi connectivity index (χ0n) is 12.7. The first-order chi connectivity index (χ1) is 10.6. The Morgan fingerprint density at radius 3 is 3.05 bits per heavy atom. The first kappa shape index (κ1) is 17.7. The molecule has 1 amide bonds. The highest BCUT2D eigenvalue weighted by Gasteiger charge is 2.23. The van der Waals surface area contributed by atoms with E-state index in [4.69, 9.17) is 17.3 Å². The lowest BCUT2D eigenvalue weighted by Gasteiger charge is -2.36. The molecule has 1 aromatic rings. The van der Waals surface area contributed by atoms with Crippen molar-refractivity contribution in [3.63, 3.8) is 0 Å². The highest BCUT2D eigenvalue weighted by atomic mass is 79.9. The number of carbonyl (C=O) groups is 1. The van der Waals surface area contributed by atoms with E-state index in [-0.39, 0.29) is 5.91 Å². The second-order valence-electron chi connectivity index (χ2n) is 5.70. The average Bonchev–Trinajstić information content (AvgIpc) is 2.50. The van der Waals surface area contributed by atoms with Gasteiger partial charge in [0.15, 0.2) is 0 Å². The number of piperidine rings is 1. The third kappa shape index (κ3) is 5.23. The number of hydrogen-bond donors (Lipinski definition) is 2. The van der Waals surface area contributed by atoms with Crippen molar-refractivity contribution in [2.24, 2.45) is 5.73 Å². The fraction of sp³-hybridized carbons (Fsp3) is 0.562. The third-order valence-corrected chi connectivity index (χ3v) is 5.05. The predicted octanol–water partition coefficient (Wildman–Crippen LogP) is 2.92. The zero-order valence-corrected chi connectivity index (χ0v) is 15.0. The van der Waals surface area contributed by atoms with Gasteiger partial charge in [0.05, 0.1) is 0 Å². The highest BCUT2D eigenvalue weighted by molar-refractivity contribution is 9.10. The highest BCUT2D eigenvalue weighted by Crippen LogP contribution is 2.25. The number of rotatable bonds is 6. The number of nitrogens with zero attached hydrogens (tertiary/aromatic N) is 1. The molecular formula is C16H23BrClN3O. The van der Waals surface area contributed by atoms with Crippen LogP contribution in [0.25, 0.3) is 0 Å². The number of halogens is 2. The lowest BCUT2D eigenvalue weighted by molar-refractivity contribution is -0.121. The Kier molecular flexibility index (Phi) is 7.15. The summed E-state index contributed by atoms with van der Waals surface area (Å²) in [6, 6.07) is 6.25. The maximum atomic E-state index is 11.6. The Balaban J connectivity index is 1.97. The van der Waals surface area contributed by atoms with Crippen molar-refractivity contribution in [1.82, 2.24) is 10.2 Å². The summed E-state index contributed by atoms with van der Waals surface area (Å²) in [4.78, 5) is 14.0. The molecule has 3 N–H and O–H groups in total. The molecule has 0 aromatic heterocycles. The lowest BCUT2D eigenvalue weighted by atomic mass is 10.0. The van der Waals surface area contributed by atoms with Crippen molar-refractivity contribution >= 4 is 33.4 Å². The molecule has 0 radical (unpaired) electrons. The minimum absolute atomic E-state index is 0.0389. The van der Waals surface area contributed by atoms with E-state index in [0.717, 1.165) is 29.0 Å². The Bertz CT molecular complexity index is 512. The average molecular weight is 389 g/mol. The van der Waals surface area contributed by atoms with E-state index >= 15 is 0 Å². The van der Waals surface area contributed by atoms with E-state index in [0.29, 0.717) is 25.6 Å². The lowest BCUT2D eigenvalue weighted by Crippen LogP contribution is -2.46. The van der Waals surface area contributed by atoms with Crippen LogP contribution in [0.15, 0.2) is 22.7 Å². The predicted molar refractivity (Wildman–Crippen MR) is 93.9 cm³/mol. The molecule has 6 heteroatoms. The molecule has 0 bridgehead atoms. The van der Waals surface area contributed by atoms with Crippen LogP contribution in [0.1, 0.15) is 31.2 Å². The number of likely N-dealkylation sites (tertiary alicyclic amines) is 1. The van der Waals surface area contributed by atoms with Crippen LogP contribution in [-0.4, -0.2) is 36.5 Å². The second kappa shape index (κ2) is 8.87. The minimum Gasteiger partial charge on any atom is -0.354 e. The van der Waals surface area contributed by atoms with E-state index < -0.39 is 0 Å². The van der Waals surface area contributed by atoms with E-state index in [1.165, 1.54) is 18.4 Å². The fourth-order valence-electron chi connectivity index (χ4n) is 2.83. The van der Waals surface area contributed by atoms with Crippen LogP contribution < -0.4 is 11.1 Å². The monoisotopic (exact) mass is 387 g/mol. The van der Waals surface area contributed by atoms with Crippen LogP contribution in [0, 0.1) is 0 Å². The van der Waals surface area contributed by atoms with Crippen molar-refractivity contribution in [2.45, 2.75) is 38.3 Å². The standard InChI is InChI=1S/C16H23BrClN3O/c17-15-5-4-13(18)9-12(15)11-21-8-2-1-3-14(21)10-20-16(22)6-7-19/h4-5,9,14H,1-3,6-8,10-11,19H2,(H,20,22). The first-order valence-electron chi connectivity index (χ1n) is 7.75. The molecule has 0 aliphatic carbocycles. The molecule has 0 spiro atoms. The van der Waals surface area contributed by atoms with Gasteiger partial charge in [-0.25, -0.2) is 0 Å². The van der Waals surface area contributed by atoms with E-state index in [9.17, 15) is 4.79 Å². The summed E-state index contributed by atoms with van der Waals surface area (Å²) in [7, 11) is 0. The largest absolute Gasteiger partial charge is 0.354 e. The van der Waals surface area contributed by atoms with Crippen LogP contribution >= 0.6 is 27.5 Å². The van der Waals surface area contributed by atoms with Gasteiger partial charge >= 0.3 is 0 Å². The summed E-state index contributed by atoms with van der Waals surface area (Å²) in [5.74, 6) is 0.0389. The van der Waals surface area contributed by atoms with Crippen LogP contribution in [0.3, 0.4) is 0 Å².